The highest BCUT2D eigenvalue weighted by atomic mass is 32.2. The van der Waals surface area contributed by atoms with Crippen LogP contribution in [0.25, 0.3) is 0 Å². The fourth-order valence-electron chi connectivity index (χ4n) is 13.5. The third-order valence-electron chi connectivity index (χ3n) is 18.8. The van der Waals surface area contributed by atoms with E-state index in [2.05, 4.69) is 37.3 Å². The molecule has 17 nitrogen and oxygen atoms in total. The summed E-state index contributed by atoms with van der Waals surface area (Å²) in [5, 5.41) is 0. The van der Waals surface area contributed by atoms with Crippen molar-refractivity contribution < 1.29 is 80.5 Å². The largest absolute Gasteiger partial charge is 0.497 e. The van der Waals surface area contributed by atoms with Gasteiger partial charge in [0.1, 0.15) is 84.4 Å². The van der Waals surface area contributed by atoms with Crippen LogP contribution in [0.5, 0.6) is 5.75 Å². The molecule has 0 aliphatic carbocycles. The van der Waals surface area contributed by atoms with E-state index in [1.807, 2.05) is 231 Å². The summed E-state index contributed by atoms with van der Waals surface area (Å²) in [5.41, 5.74) is 9.03. The Balaban J connectivity index is 0.797. The second kappa shape index (κ2) is 39.2. The van der Waals surface area contributed by atoms with Crippen molar-refractivity contribution in [3.8, 4) is 5.75 Å². The lowest BCUT2D eigenvalue weighted by Crippen LogP contribution is -2.66. The highest BCUT2D eigenvalue weighted by Gasteiger charge is 2.56. The van der Waals surface area contributed by atoms with Crippen LogP contribution in [0.3, 0.4) is 0 Å². The molecule has 0 radical (unpaired) electrons. The van der Waals surface area contributed by atoms with Crippen LogP contribution in [-0.4, -0.2) is 131 Å². The maximum atomic E-state index is 7.66. The van der Waals surface area contributed by atoms with Crippen LogP contribution in [0.2, 0.25) is 0 Å². The second-order valence-corrected chi connectivity index (χ2v) is 27.5. The van der Waals surface area contributed by atoms with Crippen molar-refractivity contribution in [1.29, 1.82) is 0 Å². The smallest absolute Gasteiger partial charge is 0.187 e. The van der Waals surface area contributed by atoms with Gasteiger partial charge in [0.25, 0.3) is 0 Å². The van der Waals surface area contributed by atoms with E-state index < -0.39 is 97.6 Å². The van der Waals surface area contributed by atoms with E-state index in [0.29, 0.717) is 6.61 Å². The van der Waals surface area contributed by atoms with Crippen molar-refractivity contribution in [3.63, 3.8) is 0 Å². The number of ether oxygens (including phenoxy) is 17. The summed E-state index contributed by atoms with van der Waals surface area (Å²) in [6.07, 6.45) is -11.3. The monoisotopic (exact) mass is 1430 g/mol. The van der Waals surface area contributed by atoms with Crippen LogP contribution in [-0.2, 0) is 135 Å². The van der Waals surface area contributed by atoms with E-state index in [1.165, 1.54) is 0 Å². The predicted octanol–water partition coefficient (Wildman–Crippen LogP) is 14.9. The van der Waals surface area contributed by atoms with Crippen molar-refractivity contribution in [1.82, 2.24) is 0 Å². The van der Waals surface area contributed by atoms with Gasteiger partial charge in [-0.1, -0.05) is 256 Å². The van der Waals surface area contributed by atoms with E-state index in [0.717, 1.165) is 67.1 Å². The van der Waals surface area contributed by atoms with Crippen molar-refractivity contribution in [2.75, 3.05) is 39.8 Å². The van der Waals surface area contributed by atoms with Gasteiger partial charge in [-0.15, -0.1) is 11.8 Å². The Morgan fingerprint density at radius 3 is 1.24 bits per heavy atom. The zero-order valence-electron chi connectivity index (χ0n) is 59.1. The van der Waals surface area contributed by atoms with Crippen molar-refractivity contribution in [2.24, 2.45) is 0 Å². The topological polar surface area (TPSA) is 157 Å². The minimum atomic E-state index is -1.09. The zero-order valence-corrected chi connectivity index (χ0v) is 59.9. The summed E-state index contributed by atoms with van der Waals surface area (Å²) in [4.78, 5) is 0. The van der Waals surface area contributed by atoms with Gasteiger partial charge in [-0.25, -0.2) is 0 Å². The summed E-state index contributed by atoms with van der Waals surface area (Å²) in [7, 11) is 3.27. The summed E-state index contributed by atoms with van der Waals surface area (Å²) in [5.74, 6) is 1.47. The summed E-state index contributed by atoms with van der Waals surface area (Å²) >= 11 is 1.65. The van der Waals surface area contributed by atoms with Crippen LogP contribution in [0, 0.1) is 0 Å². The standard InChI is InChI=1S/C86H94O17S/c1-4-104-86-82(97-54-65-37-22-10-23-38-65)79(94-51-62-31-16-7-17-32-62)75(103-85-81(96-53-64-35-20-9-21-36-64)78(93-50-61-29-14-6-15-30-61)76-73(100-85)59-98-83(102-76)69-41-24-11-25-42-69)72(101-86)58-90-49-67-39-26-40-68(47-67)56-91-74-71(57-89-48-60-27-12-5-13-28-60)99-84(88-3)80(95-52-63-33-18-8-19-34-63)77(74)92-55-66-43-45-70(87-2)46-44-66/h5-47,71-86H,4,48-59H2,1-3H3/t71-,72-,73-,74+,75-,76-,77+,78+,79+,80-,81-,82-,83-,84+,85-,86+/m1/s1. The molecule has 104 heavy (non-hydrogen) atoms. The highest BCUT2D eigenvalue weighted by molar-refractivity contribution is 7.99. The van der Waals surface area contributed by atoms with Crippen LogP contribution >= 0.6 is 11.8 Å². The lowest BCUT2D eigenvalue weighted by Gasteiger charge is -2.51. The molecule has 0 spiro atoms. The molecule has 0 unspecified atom stereocenters. The molecule has 9 aromatic rings. The summed E-state index contributed by atoms with van der Waals surface area (Å²) in [6, 6.07) is 86.4. The normalized spacial score (nSPS) is 26.1. The summed E-state index contributed by atoms with van der Waals surface area (Å²) < 4.78 is 117. The number of hydrogen-bond acceptors (Lipinski definition) is 18. The molecule has 0 bridgehead atoms. The molecule has 9 aromatic carbocycles. The maximum absolute atomic E-state index is 7.66. The van der Waals surface area contributed by atoms with Crippen molar-refractivity contribution in [3.05, 3.63) is 316 Å². The van der Waals surface area contributed by atoms with E-state index in [1.54, 1.807) is 26.0 Å². The van der Waals surface area contributed by atoms with Crippen molar-refractivity contribution in [2.45, 2.75) is 164 Å². The summed E-state index contributed by atoms with van der Waals surface area (Å²) in [6.45, 7) is 4.85. The van der Waals surface area contributed by atoms with Gasteiger partial charge in [-0.2, -0.15) is 0 Å². The van der Waals surface area contributed by atoms with Crippen LogP contribution in [0.15, 0.2) is 261 Å². The minimum absolute atomic E-state index is 0.0817. The van der Waals surface area contributed by atoms with E-state index in [-0.39, 0.29) is 72.7 Å². The SMILES string of the molecule is CCS[C@@H]1O[C@H](COCc2cccc(CO[C@@H]3[C@H](OCc4ccc(OC)cc4)[C@@H](OCc4ccccc4)[C@@H](OC)O[C@@H]3COCc3ccccc3)c2)[C@@H](O[C@H]2O[C@@H]3CO[C@@H](c4ccccc4)O[C@H]3[C@H](OCc3ccccc3)[C@H]2OCc2ccccc2)[C@H](OCc2ccccc2)[C@H]1OCc1ccccc1. The molecule has 4 aliphatic rings. The maximum Gasteiger partial charge on any atom is 0.187 e. The predicted molar refractivity (Wildman–Crippen MR) is 393 cm³/mol. The average molecular weight is 1430 g/mol. The second-order valence-electron chi connectivity index (χ2n) is 26.1. The van der Waals surface area contributed by atoms with E-state index in [4.69, 9.17) is 80.5 Å². The lowest BCUT2D eigenvalue weighted by atomic mass is 9.95. The highest BCUT2D eigenvalue weighted by Crippen LogP contribution is 2.42. The molecular formula is C86H94O17S. The van der Waals surface area contributed by atoms with Gasteiger partial charge in [-0.05, 0) is 68.0 Å². The molecule has 16 atom stereocenters. The van der Waals surface area contributed by atoms with Crippen LogP contribution < -0.4 is 4.74 Å². The molecule has 0 N–H and O–H groups in total. The minimum Gasteiger partial charge on any atom is -0.497 e. The molecule has 13 rings (SSSR count). The quantitative estimate of drug-likeness (QED) is 0.0365. The van der Waals surface area contributed by atoms with Gasteiger partial charge in [0, 0.05) is 12.7 Å². The van der Waals surface area contributed by atoms with E-state index >= 15 is 0 Å². The Labute approximate surface area is 615 Å². The number of thioether (sulfide) groups is 1. The number of benzene rings is 9. The molecular weight excluding hydrogens is 1340 g/mol. The third kappa shape index (κ3) is 20.8. The molecule has 0 aromatic heterocycles. The van der Waals surface area contributed by atoms with Crippen LogP contribution in [0.1, 0.15) is 68.8 Å². The lowest BCUT2D eigenvalue weighted by molar-refractivity contribution is -0.389. The Morgan fingerprint density at radius 2 is 0.740 bits per heavy atom. The van der Waals surface area contributed by atoms with Gasteiger partial charge in [0.15, 0.2) is 18.9 Å². The third-order valence-corrected chi connectivity index (χ3v) is 19.8. The number of rotatable bonds is 36. The fraction of sp³-hybridized carbons (Fsp3) is 0.372. The molecule has 0 amide bonds. The molecule has 4 heterocycles. The first kappa shape index (κ1) is 74.8. The van der Waals surface area contributed by atoms with Gasteiger partial charge >= 0.3 is 0 Å². The number of hydrogen-bond donors (Lipinski definition) is 0. The number of methoxy groups -OCH3 is 2. The Hall–Kier alpha value is -7.51. The first-order chi connectivity index (χ1) is 51.4. The van der Waals surface area contributed by atoms with Crippen LogP contribution in [0.4, 0.5) is 0 Å². The molecule has 4 fully saturated rings. The fourth-order valence-corrected chi connectivity index (χ4v) is 14.4. The first-order valence-electron chi connectivity index (χ1n) is 35.9. The zero-order chi connectivity index (χ0) is 70.9. The molecule has 4 saturated heterocycles. The Kier molecular flexibility index (Phi) is 28.2. The molecule has 18 heteroatoms. The number of fused-ring (bicyclic) bond motifs is 1. The van der Waals surface area contributed by atoms with E-state index in [9.17, 15) is 0 Å². The molecule has 4 aliphatic heterocycles. The van der Waals surface area contributed by atoms with Gasteiger partial charge in [0.05, 0.1) is 86.4 Å². The Morgan fingerprint density at radius 1 is 0.346 bits per heavy atom. The van der Waals surface area contributed by atoms with Gasteiger partial charge < -0.3 is 80.5 Å². The average Bonchev–Trinajstić information content (AvgIpc) is 0.763. The van der Waals surface area contributed by atoms with Gasteiger partial charge in [-0.3, -0.25) is 0 Å². The Bertz CT molecular complexity index is 3880. The molecule has 0 saturated carbocycles. The first-order valence-corrected chi connectivity index (χ1v) is 37.0. The molecule has 546 valence electrons. The van der Waals surface area contributed by atoms with Crippen molar-refractivity contribution >= 4 is 11.8 Å². The van der Waals surface area contributed by atoms with Gasteiger partial charge in [0.2, 0.25) is 0 Å².